The van der Waals surface area contributed by atoms with Gasteiger partial charge in [-0.05, 0) is 70.1 Å². The number of hydrogen-bond acceptors (Lipinski definition) is 9. The number of aliphatic hydroxyl groups excluding tert-OH is 3. The van der Waals surface area contributed by atoms with Crippen LogP contribution in [0.1, 0.15) is 245 Å². The van der Waals surface area contributed by atoms with E-state index in [9.17, 15) is 20.1 Å². The van der Waals surface area contributed by atoms with Gasteiger partial charge in [-0.25, -0.2) is 0 Å². The highest BCUT2D eigenvalue weighted by Gasteiger charge is 2.23. The Balaban J connectivity index is 3.51. The van der Waals surface area contributed by atoms with E-state index in [-0.39, 0.29) is 24.7 Å². The van der Waals surface area contributed by atoms with Gasteiger partial charge in [-0.2, -0.15) is 0 Å². The maximum atomic E-state index is 12.1. The van der Waals surface area contributed by atoms with Gasteiger partial charge in [-0.1, -0.05) is 168 Å². The van der Waals surface area contributed by atoms with Crippen LogP contribution in [-0.2, 0) is 4.79 Å². The summed E-state index contributed by atoms with van der Waals surface area (Å²) >= 11 is 0. The third-order valence-corrected chi connectivity index (χ3v) is 12.7. The summed E-state index contributed by atoms with van der Waals surface area (Å²) in [5.41, 5.74) is 31.4. The summed E-state index contributed by atoms with van der Waals surface area (Å²) in [4.78, 5) is 12.1. The van der Waals surface area contributed by atoms with Gasteiger partial charge in [0.2, 0.25) is 5.91 Å². The van der Waals surface area contributed by atoms with E-state index in [1.165, 1.54) is 161 Å². The summed E-state index contributed by atoms with van der Waals surface area (Å²) in [5.74, 6) is -0.183. The standard InChI is InChI=1S/C49H104N6O4/c1-4-5-18-27-41(50)28-19-10-6-11-20-29-42(51)30-21-12-7-13-22-31-43(52)32-23-14-8-15-24-33-44(53)34-25-16-9-17-26-35-45(56)36-37-55-48(59)39-46(57)38-47(58)49(54)40(2)3/h40-47,49,56-58H,4-39,50-54H2,1-3H3,(H,55,59)/t41-,42-,43-,44-,45-,46+,47-,49+/m0/s1. The van der Waals surface area contributed by atoms with Crippen molar-refractivity contribution in [1.82, 2.24) is 5.32 Å². The summed E-state index contributed by atoms with van der Waals surface area (Å²) in [5, 5.41) is 33.2. The Kier molecular flexibility index (Phi) is 40.6. The van der Waals surface area contributed by atoms with Gasteiger partial charge < -0.3 is 49.3 Å². The van der Waals surface area contributed by atoms with Crippen molar-refractivity contribution in [1.29, 1.82) is 0 Å². The van der Waals surface area contributed by atoms with Gasteiger partial charge in [0.1, 0.15) is 0 Å². The Bertz CT molecular complexity index is 901. The maximum absolute atomic E-state index is 12.1. The first kappa shape index (κ1) is 58.1. The van der Waals surface area contributed by atoms with Crippen LogP contribution in [0.4, 0.5) is 0 Å². The van der Waals surface area contributed by atoms with Crippen LogP contribution in [0.15, 0.2) is 0 Å². The maximum Gasteiger partial charge on any atom is 0.222 e. The van der Waals surface area contributed by atoms with E-state index in [2.05, 4.69) is 12.2 Å². The van der Waals surface area contributed by atoms with Crippen LogP contribution in [0.5, 0.6) is 0 Å². The fourth-order valence-electron chi connectivity index (χ4n) is 8.35. The average Bonchev–Trinajstić information content (AvgIpc) is 3.18. The minimum atomic E-state index is -0.937. The number of amides is 1. The molecule has 0 radical (unpaired) electrons. The molecule has 8 atom stereocenters. The lowest BCUT2D eigenvalue weighted by Gasteiger charge is -2.24. The largest absolute Gasteiger partial charge is 0.393 e. The van der Waals surface area contributed by atoms with E-state index < -0.39 is 24.4 Å². The summed E-state index contributed by atoms with van der Waals surface area (Å²) in [7, 11) is 0. The first-order chi connectivity index (χ1) is 28.3. The van der Waals surface area contributed by atoms with Gasteiger partial charge in [-0.15, -0.1) is 0 Å². The molecule has 10 nitrogen and oxygen atoms in total. The Labute approximate surface area is 365 Å². The smallest absolute Gasteiger partial charge is 0.222 e. The molecule has 0 aliphatic carbocycles. The van der Waals surface area contributed by atoms with Crippen LogP contribution in [0.25, 0.3) is 0 Å². The zero-order valence-corrected chi connectivity index (χ0v) is 39.3. The lowest BCUT2D eigenvalue weighted by Crippen LogP contribution is -2.41. The van der Waals surface area contributed by atoms with E-state index in [0.29, 0.717) is 37.1 Å². The molecule has 0 saturated carbocycles. The Hall–Kier alpha value is -0.850. The summed E-state index contributed by atoms with van der Waals surface area (Å²) < 4.78 is 0. The molecular weight excluding hydrogens is 737 g/mol. The molecule has 0 rings (SSSR count). The van der Waals surface area contributed by atoms with Crippen LogP contribution < -0.4 is 34.0 Å². The van der Waals surface area contributed by atoms with E-state index in [0.717, 1.165) is 44.9 Å². The van der Waals surface area contributed by atoms with Crippen LogP contribution in [0, 0.1) is 5.92 Å². The zero-order chi connectivity index (χ0) is 43.9. The number of nitrogens with two attached hydrogens (primary N) is 5. The van der Waals surface area contributed by atoms with Gasteiger partial charge in [0.05, 0.1) is 24.7 Å². The van der Waals surface area contributed by atoms with Crippen LogP contribution >= 0.6 is 0 Å². The predicted molar refractivity (Wildman–Crippen MR) is 253 cm³/mol. The minimum Gasteiger partial charge on any atom is -0.393 e. The normalized spacial score (nSPS) is 16.1. The number of nitrogens with one attached hydrogen (secondary N) is 1. The topological polar surface area (TPSA) is 220 Å². The number of rotatable bonds is 45. The molecular formula is C49H104N6O4. The molecule has 14 N–H and O–H groups in total. The van der Waals surface area contributed by atoms with E-state index >= 15 is 0 Å². The van der Waals surface area contributed by atoms with Crippen molar-refractivity contribution in [2.45, 2.75) is 294 Å². The number of aliphatic hydroxyl groups is 3. The van der Waals surface area contributed by atoms with Gasteiger partial charge in [0.25, 0.3) is 0 Å². The second-order valence-corrected chi connectivity index (χ2v) is 19.2. The van der Waals surface area contributed by atoms with Gasteiger partial charge in [0, 0.05) is 43.2 Å². The first-order valence-corrected chi connectivity index (χ1v) is 25.4. The molecule has 1 amide bonds. The molecule has 0 heterocycles. The third kappa shape index (κ3) is 39.7. The van der Waals surface area contributed by atoms with Crippen molar-refractivity contribution in [3.8, 4) is 0 Å². The van der Waals surface area contributed by atoms with E-state index in [4.69, 9.17) is 28.7 Å². The molecule has 0 bridgehead atoms. The molecule has 0 saturated heterocycles. The number of carbonyl (C=O) groups is 1. The number of unbranched alkanes of at least 4 members (excludes halogenated alkanes) is 18. The lowest BCUT2D eigenvalue weighted by molar-refractivity contribution is -0.123. The number of carbonyl (C=O) groups excluding carboxylic acids is 1. The second kappa shape index (κ2) is 41.2. The van der Waals surface area contributed by atoms with E-state index in [1.54, 1.807) is 0 Å². The van der Waals surface area contributed by atoms with Gasteiger partial charge in [0.15, 0.2) is 0 Å². The van der Waals surface area contributed by atoms with Crippen molar-refractivity contribution in [2.24, 2.45) is 34.6 Å². The molecule has 0 aliphatic rings. The highest BCUT2D eigenvalue weighted by molar-refractivity contribution is 5.76. The lowest BCUT2D eigenvalue weighted by atomic mass is 9.95. The van der Waals surface area contributed by atoms with Crippen molar-refractivity contribution >= 4 is 5.91 Å². The van der Waals surface area contributed by atoms with Crippen molar-refractivity contribution in [3.05, 3.63) is 0 Å². The number of hydrogen-bond donors (Lipinski definition) is 9. The Morgan fingerprint density at radius 2 is 0.746 bits per heavy atom. The van der Waals surface area contributed by atoms with Crippen molar-refractivity contribution in [3.63, 3.8) is 0 Å². The summed E-state index contributed by atoms with van der Waals surface area (Å²) in [6, 6.07) is 1.03. The quantitative estimate of drug-likeness (QED) is 0.0267. The molecule has 0 spiro atoms. The molecule has 10 heteroatoms. The van der Waals surface area contributed by atoms with Crippen LogP contribution in [0.3, 0.4) is 0 Å². The third-order valence-electron chi connectivity index (χ3n) is 12.7. The minimum absolute atomic E-state index is 0.0764. The van der Waals surface area contributed by atoms with Gasteiger partial charge in [-0.3, -0.25) is 4.79 Å². The second-order valence-electron chi connectivity index (χ2n) is 19.2. The Morgan fingerprint density at radius 3 is 1.07 bits per heavy atom. The highest BCUT2D eigenvalue weighted by atomic mass is 16.3. The summed E-state index contributed by atoms with van der Waals surface area (Å²) in [6.45, 7) is 6.46. The predicted octanol–water partition coefficient (Wildman–Crippen LogP) is 9.15. The van der Waals surface area contributed by atoms with E-state index in [1.807, 2.05) is 13.8 Å². The zero-order valence-electron chi connectivity index (χ0n) is 39.3. The molecule has 0 aromatic rings. The molecule has 354 valence electrons. The average molecular weight is 841 g/mol. The summed E-state index contributed by atoms with van der Waals surface area (Å²) in [6.07, 6.45) is 37.1. The molecule has 0 fully saturated rings. The fourth-order valence-corrected chi connectivity index (χ4v) is 8.35. The SMILES string of the molecule is CCCCC[C@H](N)CCCCCCC[C@H](N)CCCCCCC[C@H](N)CCCCCCC[C@H](N)CCCCCCC[C@H](O)CCNC(=O)C[C@H](O)C[C@H](O)[C@H](N)C(C)C. The molecule has 59 heavy (non-hydrogen) atoms. The molecule has 0 aromatic carbocycles. The molecule has 0 unspecified atom stereocenters. The highest BCUT2D eigenvalue weighted by Crippen LogP contribution is 2.18. The Morgan fingerprint density at radius 1 is 0.441 bits per heavy atom. The fraction of sp³-hybridized carbons (Fsp3) is 0.980. The monoisotopic (exact) mass is 841 g/mol. The molecule has 0 aliphatic heterocycles. The van der Waals surface area contributed by atoms with Crippen LogP contribution in [-0.4, -0.2) is 76.3 Å². The first-order valence-electron chi connectivity index (χ1n) is 25.4. The molecule has 0 aromatic heterocycles. The van der Waals surface area contributed by atoms with Crippen molar-refractivity contribution < 1.29 is 20.1 Å². The van der Waals surface area contributed by atoms with Crippen LogP contribution in [0.2, 0.25) is 0 Å². The van der Waals surface area contributed by atoms with Gasteiger partial charge >= 0.3 is 0 Å². The van der Waals surface area contributed by atoms with Crippen molar-refractivity contribution in [2.75, 3.05) is 6.54 Å².